The van der Waals surface area contributed by atoms with Crippen molar-refractivity contribution in [3.8, 4) is 28.6 Å². The van der Waals surface area contributed by atoms with Crippen LogP contribution in [0.1, 0.15) is 58.4 Å². The van der Waals surface area contributed by atoms with E-state index in [4.69, 9.17) is 14.0 Å². The number of anilines is 1. The third-order valence-corrected chi connectivity index (χ3v) is 6.15. The molecule has 222 valence electrons. The SMILES string of the molecule is CCc1cc(-c2noc(-c3cc(C)nc(N(CC)CC)c3)n2)cc(C)c1OCCNC(=O)CNC(=O)OC(C)(C)C. The zero-order valence-electron chi connectivity index (χ0n) is 25.4. The first-order valence-electron chi connectivity index (χ1n) is 14.0. The van der Waals surface area contributed by atoms with Crippen LogP contribution in [-0.2, 0) is 16.0 Å². The van der Waals surface area contributed by atoms with Crippen molar-refractivity contribution in [3.05, 3.63) is 41.1 Å². The van der Waals surface area contributed by atoms with Crippen molar-refractivity contribution in [2.24, 2.45) is 0 Å². The summed E-state index contributed by atoms with van der Waals surface area (Å²) in [4.78, 5) is 35.3. The Hall–Kier alpha value is -4.15. The van der Waals surface area contributed by atoms with Gasteiger partial charge in [-0.3, -0.25) is 4.79 Å². The molecule has 11 nitrogen and oxygen atoms in total. The molecule has 11 heteroatoms. The minimum atomic E-state index is -0.638. The van der Waals surface area contributed by atoms with Crippen molar-refractivity contribution < 1.29 is 23.6 Å². The van der Waals surface area contributed by atoms with E-state index in [-0.39, 0.29) is 25.6 Å². The van der Waals surface area contributed by atoms with Crippen LogP contribution in [0.3, 0.4) is 0 Å². The van der Waals surface area contributed by atoms with Crippen molar-refractivity contribution in [1.82, 2.24) is 25.8 Å². The molecule has 2 heterocycles. The van der Waals surface area contributed by atoms with Crippen LogP contribution in [0, 0.1) is 13.8 Å². The Morgan fingerprint density at radius 1 is 0.976 bits per heavy atom. The molecule has 41 heavy (non-hydrogen) atoms. The molecule has 3 rings (SSSR count). The molecular formula is C30H42N6O5. The summed E-state index contributed by atoms with van der Waals surface area (Å²) >= 11 is 0. The number of pyridine rings is 1. The molecule has 0 aliphatic heterocycles. The molecule has 0 saturated heterocycles. The summed E-state index contributed by atoms with van der Waals surface area (Å²) in [6.45, 7) is 17.5. The van der Waals surface area contributed by atoms with Crippen molar-refractivity contribution in [2.75, 3.05) is 37.7 Å². The second kappa shape index (κ2) is 14.0. The Morgan fingerprint density at radius 3 is 2.37 bits per heavy atom. The van der Waals surface area contributed by atoms with Crippen molar-refractivity contribution in [2.45, 2.75) is 67.4 Å². The number of nitrogens with zero attached hydrogens (tertiary/aromatic N) is 4. The van der Waals surface area contributed by atoms with Crippen LogP contribution in [0.25, 0.3) is 22.8 Å². The van der Waals surface area contributed by atoms with E-state index in [1.54, 1.807) is 20.8 Å². The number of rotatable bonds is 12. The van der Waals surface area contributed by atoms with E-state index in [1.807, 2.05) is 45.0 Å². The minimum absolute atomic E-state index is 0.175. The molecule has 0 spiro atoms. The van der Waals surface area contributed by atoms with Gasteiger partial charge in [0, 0.05) is 29.9 Å². The van der Waals surface area contributed by atoms with E-state index in [9.17, 15) is 9.59 Å². The average molecular weight is 567 g/mol. The number of ether oxygens (including phenoxy) is 2. The molecule has 0 aliphatic carbocycles. The number of alkyl carbamates (subject to hydrolysis) is 1. The number of hydrogen-bond donors (Lipinski definition) is 2. The van der Waals surface area contributed by atoms with E-state index in [1.165, 1.54) is 0 Å². The molecule has 2 aromatic heterocycles. The van der Waals surface area contributed by atoms with Crippen LogP contribution in [0.15, 0.2) is 28.8 Å². The molecule has 0 saturated carbocycles. The Labute approximate surface area is 242 Å². The minimum Gasteiger partial charge on any atom is -0.491 e. The Morgan fingerprint density at radius 2 is 1.71 bits per heavy atom. The van der Waals surface area contributed by atoms with E-state index in [0.29, 0.717) is 11.7 Å². The van der Waals surface area contributed by atoms with Crippen LogP contribution in [-0.4, -0.2) is 65.5 Å². The normalized spacial score (nSPS) is 11.2. The third-order valence-electron chi connectivity index (χ3n) is 6.15. The van der Waals surface area contributed by atoms with Gasteiger partial charge in [-0.05, 0) is 90.3 Å². The maximum atomic E-state index is 12.1. The number of nitrogens with one attached hydrogen (secondary N) is 2. The number of aromatic nitrogens is 3. The van der Waals surface area contributed by atoms with Crippen LogP contribution >= 0.6 is 0 Å². The van der Waals surface area contributed by atoms with Gasteiger partial charge >= 0.3 is 6.09 Å². The summed E-state index contributed by atoms with van der Waals surface area (Å²) in [5.74, 6) is 2.24. The number of carbonyl (C=O) groups is 2. The summed E-state index contributed by atoms with van der Waals surface area (Å²) in [5.41, 5.74) is 3.83. The molecule has 0 aliphatic rings. The van der Waals surface area contributed by atoms with Crippen molar-refractivity contribution in [1.29, 1.82) is 0 Å². The lowest BCUT2D eigenvalue weighted by molar-refractivity contribution is -0.120. The van der Waals surface area contributed by atoms with Gasteiger partial charge in [0.25, 0.3) is 5.89 Å². The maximum absolute atomic E-state index is 12.1. The third kappa shape index (κ3) is 8.92. The highest BCUT2D eigenvalue weighted by Crippen LogP contribution is 2.31. The molecule has 0 atom stereocenters. The van der Waals surface area contributed by atoms with Gasteiger partial charge in [0.2, 0.25) is 11.7 Å². The summed E-state index contributed by atoms with van der Waals surface area (Å²) in [6, 6.07) is 7.88. The smallest absolute Gasteiger partial charge is 0.408 e. The molecule has 0 radical (unpaired) electrons. The molecule has 2 amide bonds. The standard InChI is InChI=1S/C30H42N6O5/c1-9-21-16-22(27-34-28(41-35-27)23-15-20(5)33-24(17-23)36(10-2)11-3)14-19(4)26(21)39-13-12-31-25(37)18-32-29(38)40-30(6,7)8/h14-17H,9-13,18H2,1-8H3,(H,31,37)(H,32,38). The number of carbonyl (C=O) groups excluding carboxylic acids is 2. The van der Waals surface area contributed by atoms with Crippen LogP contribution in [0.2, 0.25) is 0 Å². The van der Waals surface area contributed by atoms with Gasteiger partial charge in [0.05, 0.1) is 13.1 Å². The van der Waals surface area contributed by atoms with E-state index in [2.05, 4.69) is 44.5 Å². The van der Waals surface area contributed by atoms with E-state index in [0.717, 1.165) is 59.0 Å². The fourth-order valence-corrected chi connectivity index (χ4v) is 4.26. The predicted octanol–water partition coefficient (Wildman–Crippen LogP) is 4.84. The highest BCUT2D eigenvalue weighted by atomic mass is 16.6. The first-order chi connectivity index (χ1) is 19.4. The predicted molar refractivity (Wildman–Crippen MR) is 158 cm³/mol. The molecule has 0 fully saturated rings. The number of benzene rings is 1. The van der Waals surface area contributed by atoms with Gasteiger partial charge in [-0.15, -0.1) is 0 Å². The molecule has 3 aromatic rings. The highest BCUT2D eigenvalue weighted by molar-refractivity contribution is 5.82. The van der Waals surface area contributed by atoms with Gasteiger partial charge in [0.1, 0.15) is 23.8 Å². The summed E-state index contributed by atoms with van der Waals surface area (Å²) in [5, 5.41) is 9.42. The van der Waals surface area contributed by atoms with E-state index >= 15 is 0 Å². The number of hydrogen-bond acceptors (Lipinski definition) is 9. The second-order valence-electron chi connectivity index (χ2n) is 10.6. The second-order valence-corrected chi connectivity index (χ2v) is 10.6. The summed E-state index contributed by atoms with van der Waals surface area (Å²) < 4.78 is 16.8. The average Bonchev–Trinajstić information content (AvgIpc) is 3.40. The quantitative estimate of drug-likeness (QED) is 0.296. The fourth-order valence-electron chi connectivity index (χ4n) is 4.26. The summed E-state index contributed by atoms with van der Waals surface area (Å²) in [6.07, 6.45) is 0.0960. The largest absolute Gasteiger partial charge is 0.491 e. The number of amides is 2. The zero-order valence-corrected chi connectivity index (χ0v) is 25.4. The number of aryl methyl sites for hydroxylation is 3. The van der Waals surface area contributed by atoms with Crippen molar-refractivity contribution in [3.63, 3.8) is 0 Å². The van der Waals surface area contributed by atoms with Gasteiger partial charge in [-0.2, -0.15) is 4.98 Å². The van der Waals surface area contributed by atoms with Crippen LogP contribution in [0.4, 0.5) is 10.6 Å². The zero-order chi connectivity index (χ0) is 30.2. The van der Waals surface area contributed by atoms with Crippen LogP contribution in [0.5, 0.6) is 5.75 Å². The molecule has 1 aromatic carbocycles. The summed E-state index contributed by atoms with van der Waals surface area (Å²) in [7, 11) is 0. The van der Waals surface area contributed by atoms with Gasteiger partial charge in [-0.25, -0.2) is 9.78 Å². The van der Waals surface area contributed by atoms with Gasteiger partial charge in [0.15, 0.2) is 0 Å². The molecule has 0 unspecified atom stereocenters. The maximum Gasteiger partial charge on any atom is 0.408 e. The Kier molecular flexibility index (Phi) is 10.7. The lowest BCUT2D eigenvalue weighted by atomic mass is 10.0. The van der Waals surface area contributed by atoms with Gasteiger partial charge in [-0.1, -0.05) is 12.1 Å². The Balaban J connectivity index is 1.64. The molecule has 2 N–H and O–H groups in total. The Bertz CT molecular complexity index is 1340. The van der Waals surface area contributed by atoms with Crippen molar-refractivity contribution >= 4 is 17.8 Å². The first kappa shape index (κ1) is 31.4. The topological polar surface area (TPSA) is 132 Å². The monoisotopic (exact) mass is 566 g/mol. The molecular weight excluding hydrogens is 524 g/mol. The van der Waals surface area contributed by atoms with Crippen LogP contribution < -0.4 is 20.3 Å². The van der Waals surface area contributed by atoms with Gasteiger partial charge < -0.3 is 29.5 Å². The first-order valence-corrected chi connectivity index (χ1v) is 14.0. The molecule has 0 bridgehead atoms. The highest BCUT2D eigenvalue weighted by Gasteiger charge is 2.18. The lowest BCUT2D eigenvalue weighted by Crippen LogP contribution is -2.40. The lowest BCUT2D eigenvalue weighted by Gasteiger charge is -2.20. The fraction of sp³-hybridized carbons (Fsp3) is 0.500. The van der Waals surface area contributed by atoms with E-state index < -0.39 is 11.7 Å².